The van der Waals surface area contributed by atoms with E-state index in [2.05, 4.69) is 20.6 Å². The first kappa shape index (κ1) is 20.0. The van der Waals surface area contributed by atoms with Gasteiger partial charge in [-0.25, -0.2) is 9.78 Å². The Bertz CT molecular complexity index is 1020. The zero-order valence-electron chi connectivity index (χ0n) is 16.5. The molecule has 2 aromatic carbocycles. The highest BCUT2D eigenvalue weighted by atomic mass is 16.5. The lowest BCUT2D eigenvalue weighted by Crippen LogP contribution is -2.05. The summed E-state index contributed by atoms with van der Waals surface area (Å²) in [6.45, 7) is 5.52. The quantitative estimate of drug-likeness (QED) is 0.448. The van der Waals surface area contributed by atoms with Crippen LogP contribution >= 0.6 is 0 Å². The van der Waals surface area contributed by atoms with E-state index in [1.807, 2.05) is 25.1 Å². The summed E-state index contributed by atoms with van der Waals surface area (Å²) in [5.74, 6) is 0.721. The first-order chi connectivity index (χ1) is 13.9. The average molecular weight is 390 g/mol. The molecule has 7 heteroatoms. The fourth-order valence-corrected chi connectivity index (χ4v) is 2.66. The molecule has 0 saturated carbocycles. The molecule has 0 atom stereocenters. The van der Waals surface area contributed by atoms with Gasteiger partial charge in [0.25, 0.3) is 0 Å². The van der Waals surface area contributed by atoms with Gasteiger partial charge in [-0.3, -0.25) is 4.79 Å². The third-order valence-electron chi connectivity index (χ3n) is 4.07. The van der Waals surface area contributed by atoms with E-state index in [0.29, 0.717) is 29.5 Å². The second kappa shape index (κ2) is 8.97. The minimum Gasteiger partial charge on any atom is -0.462 e. The van der Waals surface area contributed by atoms with Gasteiger partial charge < -0.3 is 15.4 Å². The summed E-state index contributed by atoms with van der Waals surface area (Å²) in [6.07, 6.45) is 0. The van der Waals surface area contributed by atoms with Crippen molar-refractivity contribution < 1.29 is 14.3 Å². The number of carbonyl (C=O) groups excluding carboxylic acids is 2. The highest BCUT2D eigenvalue weighted by Crippen LogP contribution is 2.20. The van der Waals surface area contributed by atoms with E-state index in [1.54, 1.807) is 43.3 Å². The van der Waals surface area contributed by atoms with Crippen LogP contribution in [0.25, 0.3) is 0 Å². The molecule has 0 aliphatic rings. The van der Waals surface area contributed by atoms with E-state index in [1.165, 1.54) is 6.92 Å². The van der Waals surface area contributed by atoms with Crippen molar-refractivity contribution in [3.63, 3.8) is 0 Å². The van der Waals surface area contributed by atoms with E-state index in [9.17, 15) is 9.59 Å². The first-order valence-electron chi connectivity index (χ1n) is 9.22. The van der Waals surface area contributed by atoms with Crippen LogP contribution in [0, 0.1) is 6.92 Å². The molecule has 148 valence electrons. The summed E-state index contributed by atoms with van der Waals surface area (Å²) in [6, 6.07) is 15.9. The van der Waals surface area contributed by atoms with Crippen LogP contribution < -0.4 is 10.6 Å². The number of hydrogen-bond donors (Lipinski definition) is 2. The van der Waals surface area contributed by atoms with Crippen LogP contribution in [-0.2, 0) is 4.74 Å². The third-order valence-corrected chi connectivity index (χ3v) is 4.07. The molecule has 1 heterocycles. The van der Waals surface area contributed by atoms with Gasteiger partial charge in [0.15, 0.2) is 5.78 Å². The van der Waals surface area contributed by atoms with Crippen LogP contribution in [0.1, 0.15) is 40.3 Å². The van der Waals surface area contributed by atoms with E-state index in [4.69, 9.17) is 4.74 Å². The number of anilines is 4. The van der Waals surface area contributed by atoms with Gasteiger partial charge in [-0.2, -0.15) is 4.98 Å². The number of carbonyl (C=O) groups is 2. The summed E-state index contributed by atoms with van der Waals surface area (Å²) in [7, 11) is 0. The van der Waals surface area contributed by atoms with Crippen molar-refractivity contribution in [2.75, 3.05) is 17.2 Å². The van der Waals surface area contributed by atoms with Gasteiger partial charge in [-0.15, -0.1) is 0 Å². The molecule has 2 N–H and O–H groups in total. The van der Waals surface area contributed by atoms with Crippen molar-refractivity contribution in [3.8, 4) is 0 Å². The topological polar surface area (TPSA) is 93.2 Å². The molecule has 0 spiro atoms. The predicted molar refractivity (Wildman–Crippen MR) is 112 cm³/mol. The number of benzene rings is 2. The molecule has 0 unspecified atom stereocenters. The number of ketones is 1. The average Bonchev–Trinajstić information content (AvgIpc) is 2.68. The van der Waals surface area contributed by atoms with E-state index < -0.39 is 0 Å². The van der Waals surface area contributed by atoms with Gasteiger partial charge >= 0.3 is 5.97 Å². The minimum absolute atomic E-state index is 0.0174. The van der Waals surface area contributed by atoms with Crippen molar-refractivity contribution >= 4 is 34.9 Å². The number of aryl methyl sites for hydroxylation is 1. The second-order valence-corrected chi connectivity index (χ2v) is 6.40. The standard InChI is InChI=1S/C22H22N4O3/c1-4-29-21(28)17-7-11-18(12-8-17)24-20-13-14(2)23-22(26-20)25-19-9-5-16(6-10-19)15(3)27/h5-13H,4H2,1-3H3,(H2,23,24,25,26). The number of rotatable bonds is 7. The number of ether oxygens (including phenoxy) is 1. The summed E-state index contributed by atoms with van der Waals surface area (Å²) in [5.41, 5.74) is 3.49. The van der Waals surface area contributed by atoms with Crippen molar-refractivity contribution in [2.45, 2.75) is 20.8 Å². The molecule has 0 radical (unpaired) electrons. The maximum absolute atomic E-state index is 11.7. The summed E-state index contributed by atoms with van der Waals surface area (Å²) in [4.78, 5) is 32.0. The molecule has 0 fully saturated rings. The molecule has 3 aromatic rings. The summed E-state index contributed by atoms with van der Waals surface area (Å²) >= 11 is 0. The number of esters is 1. The number of Topliss-reactive ketones (excluding diaryl/α,β-unsaturated/α-hetero) is 1. The number of nitrogens with one attached hydrogen (secondary N) is 2. The molecule has 29 heavy (non-hydrogen) atoms. The number of nitrogens with zero attached hydrogens (tertiary/aromatic N) is 2. The smallest absolute Gasteiger partial charge is 0.338 e. The Morgan fingerprint density at radius 3 is 2.07 bits per heavy atom. The Labute approximate surface area is 169 Å². The summed E-state index contributed by atoms with van der Waals surface area (Å²) < 4.78 is 4.99. The van der Waals surface area contributed by atoms with Gasteiger partial charge in [0.2, 0.25) is 5.95 Å². The predicted octanol–water partition coefficient (Wildman–Crippen LogP) is 4.65. The largest absolute Gasteiger partial charge is 0.462 e. The van der Waals surface area contributed by atoms with Crippen LogP contribution in [-0.4, -0.2) is 28.3 Å². The molecule has 0 aliphatic heterocycles. The van der Waals surface area contributed by atoms with Crippen molar-refractivity contribution in [2.24, 2.45) is 0 Å². The van der Waals surface area contributed by atoms with E-state index in [0.717, 1.165) is 17.1 Å². The van der Waals surface area contributed by atoms with Gasteiger partial charge in [-0.05, 0) is 69.3 Å². The Hall–Kier alpha value is -3.74. The summed E-state index contributed by atoms with van der Waals surface area (Å²) in [5, 5.41) is 6.35. The van der Waals surface area contributed by atoms with Crippen LogP contribution in [0.15, 0.2) is 54.6 Å². The van der Waals surface area contributed by atoms with Gasteiger partial charge in [0.1, 0.15) is 5.82 Å². The molecular weight excluding hydrogens is 368 g/mol. The number of aromatic nitrogens is 2. The molecule has 3 rings (SSSR count). The van der Waals surface area contributed by atoms with Gasteiger partial charge in [-0.1, -0.05) is 0 Å². The highest BCUT2D eigenvalue weighted by molar-refractivity contribution is 5.94. The fourth-order valence-electron chi connectivity index (χ4n) is 2.66. The lowest BCUT2D eigenvalue weighted by atomic mass is 10.1. The first-order valence-corrected chi connectivity index (χ1v) is 9.22. The SMILES string of the molecule is CCOC(=O)c1ccc(Nc2cc(C)nc(Nc3ccc(C(C)=O)cc3)n2)cc1. The van der Waals surface area contributed by atoms with Crippen LogP contribution in [0.2, 0.25) is 0 Å². The molecule has 7 nitrogen and oxygen atoms in total. The Balaban J connectivity index is 1.73. The van der Waals surface area contributed by atoms with Crippen LogP contribution in [0.5, 0.6) is 0 Å². The third kappa shape index (κ3) is 5.38. The molecule has 0 bridgehead atoms. The maximum Gasteiger partial charge on any atom is 0.338 e. The van der Waals surface area contributed by atoms with E-state index >= 15 is 0 Å². The van der Waals surface area contributed by atoms with Crippen LogP contribution in [0.4, 0.5) is 23.1 Å². The zero-order valence-corrected chi connectivity index (χ0v) is 16.5. The zero-order chi connectivity index (χ0) is 20.8. The molecular formula is C22H22N4O3. The molecule has 0 saturated heterocycles. The normalized spacial score (nSPS) is 10.3. The second-order valence-electron chi connectivity index (χ2n) is 6.40. The molecule has 0 aliphatic carbocycles. The lowest BCUT2D eigenvalue weighted by molar-refractivity contribution is 0.0526. The van der Waals surface area contributed by atoms with Crippen LogP contribution in [0.3, 0.4) is 0 Å². The Kier molecular flexibility index (Phi) is 6.19. The maximum atomic E-state index is 11.7. The fraction of sp³-hybridized carbons (Fsp3) is 0.182. The number of hydrogen-bond acceptors (Lipinski definition) is 7. The van der Waals surface area contributed by atoms with Gasteiger partial charge in [0, 0.05) is 28.7 Å². The monoisotopic (exact) mass is 390 g/mol. The highest BCUT2D eigenvalue weighted by Gasteiger charge is 2.07. The molecule has 1 aromatic heterocycles. The minimum atomic E-state index is -0.348. The molecule has 0 amide bonds. The van der Waals surface area contributed by atoms with Crippen molar-refractivity contribution in [3.05, 3.63) is 71.4 Å². The van der Waals surface area contributed by atoms with E-state index in [-0.39, 0.29) is 11.8 Å². The van der Waals surface area contributed by atoms with Gasteiger partial charge in [0.05, 0.1) is 12.2 Å². The Morgan fingerprint density at radius 1 is 0.897 bits per heavy atom. The van der Waals surface area contributed by atoms with Crippen molar-refractivity contribution in [1.29, 1.82) is 0 Å². The Morgan fingerprint density at radius 2 is 1.48 bits per heavy atom. The van der Waals surface area contributed by atoms with Crippen molar-refractivity contribution in [1.82, 2.24) is 9.97 Å². The lowest BCUT2D eigenvalue weighted by Gasteiger charge is -2.11.